The molecular formula is C16H17FO2. The lowest BCUT2D eigenvalue weighted by atomic mass is 9.91. The molecule has 1 atom stereocenters. The fraction of sp³-hybridized carbons (Fsp3) is 0.250. The molecule has 0 spiro atoms. The summed E-state index contributed by atoms with van der Waals surface area (Å²) in [4.78, 5) is 0. The number of aliphatic hydroxyl groups is 2. The minimum atomic E-state index is -1.03. The minimum Gasteiger partial charge on any atom is -0.396 e. The maximum atomic E-state index is 12.9. The predicted molar refractivity (Wildman–Crippen MR) is 73.1 cm³/mol. The average Bonchev–Trinajstić information content (AvgIpc) is 2.40. The first-order valence-electron chi connectivity index (χ1n) is 6.23. The number of hydrogen-bond donors (Lipinski definition) is 2. The minimum absolute atomic E-state index is 0.0628. The van der Waals surface area contributed by atoms with E-state index < -0.39 is 5.60 Å². The molecule has 0 radical (unpaired) electrons. The second-order valence-electron chi connectivity index (χ2n) is 4.83. The van der Waals surface area contributed by atoms with E-state index in [1.165, 1.54) is 12.1 Å². The van der Waals surface area contributed by atoms with Crippen LogP contribution in [0.25, 0.3) is 11.1 Å². The average molecular weight is 260 g/mol. The molecule has 2 aromatic rings. The highest BCUT2D eigenvalue weighted by molar-refractivity contribution is 5.63. The topological polar surface area (TPSA) is 40.5 Å². The Kier molecular flexibility index (Phi) is 3.98. The van der Waals surface area contributed by atoms with Gasteiger partial charge in [-0.3, -0.25) is 0 Å². The Bertz CT molecular complexity index is 530. The van der Waals surface area contributed by atoms with Gasteiger partial charge in [0, 0.05) is 13.0 Å². The van der Waals surface area contributed by atoms with Crippen LogP contribution >= 0.6 is 0 Å². The molecule has 0 aliphatic carbocycles. The molecule has 0 bridgehead atoms. The van der Waals surface area contributed by atoms with Crippen LogP contribution in [-0.4, -0.2) is 16.8 Å². The third-order valence-corrected chi connectivity index (χ3v) is 3.28. The lowest BCUT2D eigenvalue weighted by Crippen LogP contribution is -2.22. The van der Waals surface area contributed by atoms with E-state index in [1.807, 2.05) is 24.3 Å². The van der Waals surface area contributed by atoms with Crippen molar-refractivity contribution in [3.63, 3.8) is 0 Å². The van der Waals surface area contributed by atoms with E-state index in [0.717, 1.165) is 16.7 Å². The van der Waals surface area contributed by atoms with Crippen LogP contribution in [0.4, 0.5) is 4.39 Å². The zero-order valence-electron chi connectivity index (χ0n) is 10.8. The molecule has 0 saturated heterocycles. The summed E-state index contributed by atoms with van der Waals surface area (Å²) in [5, 5.41) is 19.1. The zero-order valence-corrected chi connectivity index (χ0v) is 10.8. The highest BCUT2D eigenvalue weighted by atomic mass is 19.1. The first-order valence-corrected chi connectivity index (χ1v) is 6.23. The maximum Gasteiger partial charge on any atom is 0.123 e. The molecule has 0 aromatic heterocycles. The van der Waals surface area contributed by atoms with Crippen molar-refractivity contribution in [3.8, 4) is 11.1 Å². The van der Waals surface area contributed by atoms with Gasteiger partial charge >= 0.3 is 0 Å². The molecule has 3 heteroatoms. The van der Waals surface area contributed by atoms with Crippen LogP contribution in [0, 0.1) is 5.82 Å². The van der Waals surface area contributed by atoms with Gasteiger partial charge in [0.15, 0.2) is 0 Å². The quantitative estimate of drug-likeness (QED) is 0.887. The second-order valence-corrected chi connectivity index (χ2v) is 4.83. The summed E-state index contributed by atoms with van der Waals surface area (Å²) in [6.45, 7) is 1.61. The van der Waals surface area contributed by atoms with Crippen LogP contribution in [0.2, 0.25) is 0 Å². The molecule has 0 fully saturated rings. The molecule has 1 unspecified atom stereocenters. The molecule has 2 N–H and O–H groups in total. The number of benzene rings is 2. The van der Waals surface area contributed by atoms with E-state index in [4.69, 9.17) is 5.11 Å². The molecule has 0 saturated carbocycles. The van der Waals surface area contributed by atoms with Gasteiger partial charge in [-0.1, -0.05) is 36.4 Å². The van der Waals surface area contributed by atoms with Gasteiger partial charge in [-0.2, -0.15) is 0 Å². The summed E-state index contributed by atoms with van der Waals surface area (Å²) in [7, 11) is 0. The summed E-state index contributed by atoms with van der Waals surface area (Å²) < 4.78 is 12.9. The molecule has 0 aliphatic rings. The molecule has 0 heterocycles. The first kappa shape index (κ1) is 13.7. The Balaban J connectivity index is 2.25. The van der Waals surface area contributed by atoms with Crippen LogP contribution in [0.15, 0.2) is 48.5 Å². The zero-order chi connectivity index (χ0) is 13.9. The molecule has 2 rings (SSSR count). The van der Waals surface area contributed by atoms with Crippen LogP contribution in [0.5, 0.6) is 0 Å². The Labute approximate surface area is 112 Å². The third-order valence-electron chi connectivity index (χ3n) is 3.28. The van der Waals surface area contributed by atoms with Crippen LogP contribution < -0.4 is 0 Å². The molecule has 100 valence electrons. The lowest BCUT2D eigenvalue weighted by Gasteiger charge is -2.23. The van der Waals surface area contributed by atoms with Crippen molar-refractivity contribution in [2.24, 2.45) is 0 Å². The predicted octanol–water partition coefficient (Wildman–Crippen LogP) is 3.08. The molecule has 0 aliphatic heterocycles. The first-order chi connectivity index (χ1) is 9.03. The van der Waals surface area contributed by atoms with Crippen LogP contribution in [0.1, 0.15) is 18.9 Å². The Hall–Kier alpha value is -1.71. The Morgan fingerprint density at radius 3 is 1.89 bits per heavy atom. The Morgan fingerprint density at radius 2 is 1.42 bits per heavy atom. The van der Waals surface area contributed by atoms with Crippen molar-refractivity contribution in [1.82, 2.24) is 0 Å². The summed E-state index contributed by atoms with van der Waals surface area (Å²) in [5.41, 5.74) is 1.61. The van der Waals surface area contributed by atoms with E-state index in [9.17, 15) is 9.50 Å². The van der Waals surface area contributed by atoms with Gasteiger partial charge in [-0.25, -0.2) is 4.39 Å². The van der Waals surface area contributed by atoms with Crippen LogP contribution in [0.3, 0.4) is 0 Å². The smallest absolute Gasteiger partial charge is 0.123 e. The number of rotatable bonds is 4. The van der Waals surface area contributed by atoms with Gasteiger partial charge in [0.1, 0.15) is 5.82 Å². The maximum absolute atomic E-state index is 12.9. The molecule has 2 aromatic carbocycles. The standard InChI is InChI=1S/C16H17FO2/c1-16(19,10-11-18)14-6-2-12(3-7-14)13-4-8-15(17)9-5-13/h2-9,18-19H,10-11H2,1H3. The van der Waals surface area contributed by atoms with Gasteiger partial charge in [0.25, 0.3) is 0 Å². The summed E-state index contributed by atoms with van der Waals surface area (Å²) in [6, 6.07) is 13.7. The molecule has 2 nitrogen and oxygen atoms in total. The fourth-order valence-corrected chi connectivity index (χ4v) is 2.03. The molecule has 19 heavy (non-hydrogen) atoms. The van der Waals surface area contributed by atoms with Gasteiger partial charge in [-0.05, 0) is 35.7 Å². The molecular weight excluding hydrogens is 243 g/mol. The van der Waals surface area contributed by atoms with Gasteiger partial charge < -0.3 is 10.2 Å². The number of hydrogen-bond acceptors (Lipinski definition) is 2. The van der Waals surface area contributed by atoms with E-state index in [1.54, 1.807) is 19.1 Å². The van der Waals surface area contributed by atoms with Gasteiger partial charge in [0.2, 0.25) is 0 Å². The number of halogens is 1. The third kappa shape index (κ3) is 3.19. The van der Waals surface area contributed by atoms with Crippen molar-refractivity contribution in [2.75, 3.05) is 6.61 Å². The SMILES string of the molecule is CC(O)(CCO)c1ccc(-c2ccc(F)cc2)cc1. The highest BCUT2D eigenvalue weighted by Crippen LogP contribution is 2.27. The van der Waals surface area contributed by atoms with E-state index >= 15 is 0 Å². The lowest BCUT2D eigenvalue weighted by molar-refractivity contribution is 0.0299. The molecule has 0 amide bonds. The largest absolute Gasteiger partial charge is 0.396 e. The van der Waals surface area contributed by atoms with Crippen molar-refractivity contribution in [3.05, 3.63) is 59.9 Å². The van der Waals surface area contributed by atoms with Crippen molar-refractivity contribution >= 4 is 0 Å². The van der Waals surface area contributed by atoms with Crippen molar-refractivity contribution < 1.29 is 14.6 Å². The van der Waals surface area contributed by atoms with Gasteiger partial charge in [0.05, 0.1) is 5.60 Å². The van der Waals surface area contributed by atoms with E-state index in [-0.39, 0.29) is 12.4 Å². The Morgan fingerprint density at radius 1 is 0.947 bits per heavy atom. The van der Waals surface area contributed by atoms with Gasteiger partial charge in [-0.15, -0.1) is 0 Å². The second kappa shape index (κ2) is 5.51. The van der Waals surface area contributed by atoms with Crippen LogP contribution in [-0.2, 0) is 5.60 Å². The number of aliphatic hydroxyl groups excluding tert-OH is 1. The summed E-state index contributed by atoms with van der Waals surface area (Å²) in [6.07, 6.45) is 0.295. The van der Waals surface area contributed by atoms with Crippen molar-refractivity contribution in [1.29, 1.82) is 0 Å². The van der Waals surface area contributed by atoms with E-state index in [0.29, 0.717) is 6.42 Å². The van der Waals surface area contributed by atoms with Crippen molar-refractivity contribution in [2.45, 2.75) is 18.9 Å². The summed E-state index contributed by atoms with van der Waals surface area (Å²) >= 11 is 0. The highest BCUT2D eigenvalue weighted by Gasteiger charge is 2.21. The summed E-state index contributed by atoms with van der Waals surface area (Å²) in [5.74, 6) is -0.258. The monoisotopic (exact) mass is 260 g/mol. The normalized spacial score (nSPS) is 14.1. The van der Waals surface area contributed by atoms with E-state index in [2.05, 4.69) is 0 Å². The fourth-order valence-electron chi connectivity index (χ4n) is 2.03.